The summed E-state index contributed by atoms with van der Waals surface area (Å²) < 4.78 is 22.5. The minimum Gasteiger partial charge on any atom is -0.356 e. The molecule has 1 aliphatic heterocycles. The summed E-state index contributed by atoms with van der Waals surface area (Å²) in [6.07, 6.45) is 1.43. The lowest BCUT2D eigenvalue weighted by Gasteiger charge is -2.11. The van der Waals surface area contributed by atoms with Crippen LogP contribution in [-0.4, -0.2) is 44.0 Å². The third-order valence-electron chi connectivity index (χ3n) is 4.75. The average molecular weight is 429 g/mol. The van der Waals surface area contributed by atoms with Crippen molar-refractivity contribution < 1.29 is 18.0 Å². The van der Waals surface area contributed by atoms with Gasteiger partial charge in [0.1, 0.15) is 0 Å². The molecule has 0 saturated heterocycles. The summed E-state index contributed by atoms with van der Waals surface area (Å²) in [5.74, 6) is -0.384. The van der Waals surface area contributed by atoms with Crippen molar-refractivity contribution in [2.75, 3.05) is 13.1 Å². The summed E-state index contributed by atoms with van der Waals surface area (Å²) in [5, 5.41) is 13.6. The van der Waals surface area contributed by atoms with E-state index in [0.717, 1.165) is 16.8 Å². The molecule has 9 heteroatoms. The molecule has 0 aliphatic carbocycles. The van der Waals surface area contributed by atoms with Crippen molar-refractivity contribution in [3.05, 3.63) is 65.7 Å². The highest BCUT2D eigenvalue weighted by Gasteiger charge is 2.21. The van der Waals surface area contributed by atoms with Crippen molar-refractivity contribution in [1.29, 1.82) is 0 Å². The summed E-state index contributed by atoms with van der Waals surface area (Å²) in [6.45, 7) is 0.918. The Morgan fingerprint density at radius 1 is 1.03 bits per heavy atom. The number of benzene rings is 2. The van der Waals surface area contributed by atoms with Gasteiger partial charge in [0.05, 0.1) is 17.2 Å². The molecule has 158 valence electrons. The molecule has 0 saturated carbocycles. The highest BCUT2D eigenvalue weighted by molar-refractivity contribution is 7.89. The van der Waals surface area contributed by atoms with Gasteiger partial charge in [-0.25, -0.2) is 18.6 Å². The van der Waals surface area contributed by atoms with Gasteiger partial charge >= 0.3 is 0 Å². The number of hydrogen-bond donors (Lipinski definition) is 2. The molecule has 2 aromatic rings. The Labute approximate surface area is 175 Å². The van der Waals surface area contributed by atoms with Crippen LogP contribution in [0.4, 0.5) is 0 Å². The minimum atomic E-state index is -3.71. The Morgan fingerprint density at radius 3 is 2.40 bits per heavy atom. The van der Waals surface area contributed by atoms with Crippen LogP contribution in [0.25, 0.3) is 0 Å². The fourth-order valence-electron chi connectivity index (χ4n) is 3.10. The van der Waals surface area contributed by atoms with E-state index in [2.05, 4.69) is 10.4 Å². The zero-order chi connectivity index (χ0) is 21.6. The first-order valence-electron chi connectivity index (χ1n) is 9.64. The first kappa shape index (κ1) is 21.7. The van der Waals surface area contributed by atoms with Gasteiger partial charge in [0.15, 0.2) is 0 Å². The van der Waals surface area contributed by atoms with Crippen LogP contribution in [0.5, 0.6) is 0 Å². The first-order chi connectivity index (χ1) is 14.3. The van der Waals surface area contributed by atoms with Crippen LogP contribution in [0.2, 0.25) is 0 Å². The number of rotatable bonds is 8. The molecule has 0 spiro atoms. The smallest absolute Gasteiger partial charge is 0.243 e. The molecule has 0 fully saturated rings. The molecule has 30 heavy (non-hydrogen) atoms. The number of amides is 2. The van der Waals surface area contributed by atoms with Crippen LogP contribution >= 0.6 is 0 Å². The van der Waals surface area contributed by atoms with E-state index in [4.69, 9.17) is 5.14 Å². The molecule has 1 heterocycles. The van der Waals surface area contributed by atoms with Crippen LogP contribution in [-0.2, 0) is 26.0 Å². The van der Waals surface area contributed by atoms with Gasteiger partial charge in [-0.2, -0.15) is 5.10 Å². The summed E-state index contributed by atoms with van der Waals surface area (Å²) >= 11 is 0. The summed E-state index contributed by atoms with van der Waals surface area (Å²) in [7, 11) is -3.71. The van der Waals surface area contributed by atoms with Crippen LogP contribution in [0, 0.1) is 0 Å². The maximum absolute atomic E-state index is 12.3. The molecule has 1 aliphatic rings. The number of nitrogens with one attached hydrogen (secondary N) is 1. The number of nitrogens with two attached hydrogens (primary N) is 1. The van der Waals surface area contributed by atoms with Crippen molar-refractivity contribution >= 4 is 27.5 Å². The number of carbonyl (C=O) groups excluding carboxylic acids is 2. The SMILES string of the molecule is NS(=O)(=O)c1ccc(CCNC(=O)CCC(=O)N2CCC(c3ccccc3)=N2)cc1. The summed E-state index contributed by atoms with van der Waals surface area (Å²) in [4.78, 5) is 24.4. The topological polar surface area (TPSA) is 122 Å². The fraction of sp³-hybridized carbons (Fsp3) is 0.286. The normalized spacial score (nSPS) is 13.8. The lowest BCUT2D eigenvalue weighted by molar-refractivity contribution is -0.133. The van der Waals surface area contributed by atoms with Crippen molar-refractivity contribution in [1.82, 2.24) is 10.3 Å². The average Bonchev–Trinajstić information content (AvgIpc) is 3.23. The quantitative estimate of drug-likeness (QED) is 0.660. The number of sulfonamides is 1. The van der Waals surface area contributed by atoms with Gasteiger partial charge in [-0.1, -0.05) is 42.5 Å². The van der Waals surface area contributed by atoms with E-state index in [1.807, 2.05) is 30.3 Å². The maximum Gasteiger partial charge on any atom is 0.243 e. The Morgan fingerprint density at radius 2 is 1.73 bits per heavy atom. The molecule has 8 nitrogen and oxygen atoms in total. The molecule has 3 rings (SSSR count). The van der Waals surface area contributed by atoms with Crippen molar-refractivity contribution in [2.24, 2.45) is 10.2 Å². The van der Waals surface area contributed by atoms with Crippen molar-refractivity contribution in [2.45, 2.75) is 30.6 Å². The van der Waals surface area contributed by atoms with Gasteiger partial charge in [0, 0.05) is 25.8 Å². The van der Waals surface area contributed by atoms with Crippen LogP contribution < -0.4 is 10.5 Å². The van der Waals surface area contributed by atoms with E-state index in [9.17, 15) is 18.0 Å². The minimum absolute atomic E-state index is 0.0498. The molecule has 2 aromatic carbocycles. The largest absolute Gasteiger partial charge is 0.356 e. The number of hydrogen-bond acceptors (Lipinski definition) is 5. The predicted molar refractivity (Wildman–Crippen MR) is 113 cm³/mol. The first-order valence-corrected chi connectivity index (χ1v) is 11.2. The van der Waals surface area contributed by atoms with E-state index < -0.39 is 10.0 Å². The molecule has 2 amide bonds. The second kappa shape index (κ2) is 9.64. The van der Waals surface area contributed by atoms with E-state index in [1.165, 1.54) is 17.1 Å². The van der Waals surface area contributed by atoms with Gasteiger partial charge in [0.25, 0.3) is 0 Å². The van der Waals surface area contributed by atoms with Crippen LogP contribution in [0.15, 0.2) is 64.6 Å². The molecule has 3 N–H and O–H groups in total. The van der Waals surface area contributed by atoms with E-state index in [1.54, 1.807) is 12.1 Å². The standard InChI is InChI=1S/C21H24N4O4S/c22-30(28,29)18-8-6-16(7-9-18)12-14-23-20(26)10-11-21(27)25-15-13-19(24-25)17-4-2-1-3-5-17/h1-9H,10-15H2,(H,23,26)(H2,22,28,29). The molecule has 0 atom stereocenters. The van der Waals surface area contributed by atoms with Gasteiger partial charge in [-0.05, 0) is 29.7 Å². The predicted octanol–water partition coefficient (Wildman–Crippen LogP) is 1.41. The van der Waals surface area contributed by atoms with Gasteiger partial charge < -0.3 is 5.32 Å². The van der Waals surface area contributed by atoms with Crippen LogP contribution in [0.1, 0.15) is 30.4 Å². The molecule has 0 bridgehead atoms. The third kappa shape index (κ3) is 5.98. The van der Waals surface area contributed by atoms with Crippen molar-refractivity contribution in [3.63, 3.8) is 0 Å². The van der Waals surface area contributed by atoms with Gasteiger partial charge in [-0.3, -0.25) is 9.59 Å². The lowest BCUT2D eigenvalue weighted by Crippen LogP contribution is -2.29. The molecular weight excluding hydrogens is 404 g/mol. The van der Waals surface area contributed by atoms with E-state index >= 15 is 0 Å². The summed E-state index contributed by atoms with van der Waals surface area (Å²) in [5.41, 5.74) is 2.75. The lowest BCUT2D eigenvalue weighted by atomic mass is 10.1. The van der Waals surface area contributed by atoms with Crippen LogP contribution in [0.3, 0.4) is 0 Å². The zero-order valence-corrected chi connectivity index (χ0v) is 17.3. The Hall–Kier alpha value is -3.04. The third-order valence-corrected chi connectivity index (χ3v) is 5.68. The fourth-order valence-corrected chi connectivity index (χ4v) is 3.62. The van der Waals surface area contributed by atoms with Crippen molar-refractivity contribution in [3.8, 4) is 0 Å². The Kier molecular flexibility index (Phi) is 6.96. The number of primary sulfonamides is 1. The van der Waals surface area contributed by atoms with E-state index in [-0.39, 0.29) is 29.6 Å². The van der Waals surface area contributed by atoms with Gasteiger partial charge in [-0.15, -0.1) is 0 Å². The Balaban J connectivity index is 1.39. The molecule has 0 aromatic heterocycles. The monoisotopic (exact) mass is 428 g/mol. The highest BCUT2D eigenvalue weighted by atomic mass is 32.2. The Bertz CT molecular complexity index is 1030. The van der Waals surface area contributed by atoms with Gasteiger partial charge in [0.2, 0.25) is 21.8 Å². The molecule has 0 radical (unpaired) electrons. The highest BCUT2D eigenvalue weighted by Crippen LogP contribution is 2.15. The second-order valence-corrected chi connectivity index (χ2v) is 8.53. The number of hydrazone groups is 1. The zero-order valence-electron chi connectivity index (χ0n) is 16.5. The second-order valence-electron chi connectivity index (χ2n) is 6.97. The molecular formula is C21H24N4O4S. The number of carbonyl (C=O) groups is 2. The molecule has 0 unspecified atom stereocenters. The van der Waals surface area contributed by atoms with E-state index in [0.29, 0.717) is 25.9 Å². The number of nitrogens with zero attached hydrogens (tertiary/aromatic N) is 2. The maximum atomic E-state index is 12.3. The summed E-state index contributed by atoms with van der Waals surface area (Å²) in [6, 6.07) is 15.9.